The number of carbonyl (C=O) groups excluding carboxylic acids is 1. The third kappa shape index (κ3) is 2.80. The molecule has 0 unspecified atom stereocenters. The van der Waals surface area contributed by atoms with E-state index in [-0.39, 0.29) is 5.91 Å². The number of nitrogens with two attached hydrogens (primary N) is 1. The van der Waals surface area contributed by atoms with E-state index in [0.29, 0.717) is 28.4 Å². The Bertz CT molecular complexity index is 629. The summed E-state index contributed by atoms with van der Waals surface area (Å²) in [6.45, 7) is 0. The van der Waals surface area contributed by atoms with Crippen LogP contribution < -0.4 is 20.5 Å². The van der Waals surface area contributed by atoms with E-state index >= 15 is 0 Å². The van der Waals surface area contributed by atoms with Gasteiger partial charge in [-0.2, -0.15) is 0 Å². The number of hydrogen-bond acceptors (Lipinski definition) is 5. The van der Waals surface area contributed by atoms with E-state index in [4.69, 9.17) is 15.2 Å². The summed E-state index contributed by atoms with van der Waals surface area (Å²) in [6.07, 6.45) is 2.95. The molecule has 0 atom stereocenters. The van der Waals surface area contributed by atoms with Crippen LogP contribution >= 0.6 is 0 Å². The van der Waals surface area contributed by atoms with Crippen LogP contribution in [-0.4, -0.2) is 25.1 Å². The molecule has 0 bridgehead atoms. The van der Waals surface area contributed by atoms with Gasteiger partial charge in [0.1, 0.15) is 11.5 Å². The second-order valence-corrected chi connectivity index (χ2v) is 3.98. The third-order valence-electron chi connectivity index (χ3n) is 2.76. The minimum absolute atomic E-state index is 0.311. The van der Waals surface area contributed by atoms with Gasteiger partial charge in [0.15, 0.2) is 0 Å². The van der Waals surface area contributed by atoms with Crippen molar-refractivity contribution in [3.8, 4) is 11.5 Å². The van der Waals surface area contributed by atoms with Crippen molar-refractivity contribution in [1.82, 2.24) is 4.98 Å². The van der Waals surface area contributed by atoms with Crippen molar-refractivity contribution in [2.24, 2.45) is 0 Å². The average molecular weight is 273 g/mol. The Hall–Kier alpha value is -2.76. The molecule has 0 aliphatic carbocycles. The number of nitrogens with zero attached hydrogens (tertiary/aromatic N) is 1. The Labute approximate surface area is 116 Å². The molecule has 6 heteroatoms. The molecule has 104 valence electrons. The van der Waals surface area contributed by atoms with Crippen LogP contribution in [0.5, 0.6) is 11.5 Å². The highest BCUT2D eigenvalue weighted by Crippen LogP contribution is 2.29. The summed E-state index contributed by atoms with van der Waals surface area (Å²) in [5.74, 6) is 0.792. The predicted molar refractivity (Wildman–Crippen MR) is 76.1 cm³/mol. The van der Waals surface area contributed by atoms with Crippen molar-refractivity contribution in [3.63, 3.8) is 0 Å². The van der Waals surface area contributed by atoms with Crippen LogP contribution in [0.15, 0.2) is 36.7 Å². The molecular formula is C14H15N3O3. The molecule has 0 fully saturated rings. The lowest BCUT2D eigenvalue weighted by Gasteiger charge is -2.12. The Morgan fingerprint density at radius 1 is 1.25 bits per heavy atom. The smallest absolute Gasteiger partial charge is 0.259 e. The van der Waals surface area contributed by atoms with Crippen molar-refractivity contribution >= 4 is 17.3 Å². The molecule has 3 N–H and O–H groups in total. The number of hydrogen-bond donors (Lipinski definition) is 2. The highest BCUT2D eigenvalue weighted by atomic mass is 16.5. The number of rotatable bonds is 4. The highest BCUT2D eigenvalue weighted by Gasteiger charge is 2.13. The zero-order chi connectivity index (χ0) is 14.5. The minimum atomic E-state index is -0.348. The maximum absolute atomic E-state index is 12.1. The molecule has 0 radical (unpaired) electrons. The number of amides is 1. The van der Waals surface area contributed by atoms with Gasteiger partial charge in [0.05, 0.1) is 25.5 Å². The van der Waals surface area contributed by atoms with Crippen LogP contribution in [-0.2, 0) is 0 Å². The predicted octanol–water partition coefficient (Wildman–Crippen LogP) is 1.93. The number of methoxy groups -OCH3 is 2. The van der Waals surface area contributed by atoms with Gasteiger partial charge in [0, 0.05) is 24.1 Å². The van der Waals surface area contributed by atoms with Gasteiger partial charge in [-0.05, 0) is 18.2 Å². The fourth-order valence-electron chi connectivity index (χ4n) is 1.69. The SMILES string of the molecule is COc1ccc(NC(=O)c2cnccc2N)c(OC)c1. The fourth-order valence-corrected chi connectivity index (χ4v) is 1.69. The molecular weight excluding hydrogens is 258 g/mol. The first-order valence-electron chi connectivity index (χ1n) is 5.88. The molecule has 1 aromatic carbocycles. The lowest BCUT2D eigenvalue weighted by molar-refractivity contribution is 0.102. The van der Waals surface area contributed by atoms with E-state index in [1.165, 1.54) is 19.5 Å². The van der Waals surface area contributed by atoms with E-state index in [2.05, 4.69) is 10.3 Å². The first-order chi connectivity index (χ1) is 9.65. The standard InChI is InChI=1S/C14H15N3O3/c1-19-9-3-4-12(13(7-9)20-2)17-14(18)10-8-16-6-5-11(10)15/h3-8H,1-2H3,(H2,15,16)(H,17,18). The monoisotopic (exact) mass is 273 g/mol. The molecule has 20 heavy (non-hydrogen) atoms. The number of pyridine rings is 1. The zero-order valence-corrected chi connectivity index (χ0v) is 11.2. The van der Waals surface area contributed by atoms with Gasteiger partial charge in [-0.3, -0.25) is 9.78 Å². The second-order valence-electron chi connectivity index (χ2n) is 3.98. The molecule has 6 nitrogen and oxygen atoms in total. The number of benzene rings is 1. The van der Waals surface area contributed by atoms with Gasteiger partial charge in [-0.1, -0.05) is 0 Å². The van der Waals surface area contributed by atoms with Crippen molar-refractivity contribution < 1.29 is 14.3 Å². The van der Waals surface area contributed by atoms with Crippen molar-refractivity contribution in [3.05, 3.63) is 42.2 Å². The van der Waals surface area contributed by atoms with E-state index in [1.807, 2.05) is 0 Å². The molecule has 1 amide bonds. The second kappa shape index (κ2) is 5.92. The summed E-state index contributed by atoms with van der Waals surface area (Å²) in [6, 6.07) is 6.68. The van der Waals surface area contributed by atoms with E-state index in [9.17, 15) is 4.79 Å². The Morgan fingerprint density at radius 2 is 2.05 bits per heavy atom. The quantitative estimate of drug-likeness (QED) is 0.889. The van der Waals surface area contributed by atoms with Crippen LogP contribution in [0.25, 0.3) is 0 Å². The summed E-state index contributed by atoms with van der Waals surface area (Å²) in [5.41, 5.74) is 6.94. The van der Waals surface area contributed by atoms with Gasteiger partial charge < -0.3 is 20.5 Å². The van der Waals surface area contributed by atoms with Crippen LogP contribution in [0.3, 0.4) is 0 Å². The molecule has 2 rings (SSSR count). The number of anilines is 2. The Morgan fingerprint density at radius 3 is 2.70 bits per heavy atom. The number of carbonyl (C=O) groups is 1. The zero-order valence-electron chi connectivity index (χ0n) is 11.2. The van der Waals surface area contributed by atoms with Crippen LogP contribution in [0, 0.1) is 0 Å². The lowest BCUT2D eigenvalue weighted by atomic mass is 10.2. The summed E-state index contributed by atoms with van der Waals surface area (Å²) in [5, 5.41) is 2.73. The third-order valence-corrected chi connectivity index (χ3v) is 2.76. The van der Waals surface area contributed by atoms with Crippen LogP contribution in [0.2, 0.25) is 0 Å². The number of aromatic nitrogens is 1. The normalized spacial score (nSPS) is 9.90. The first kappa shape index (κ1) is 13.7. The molecule has 0 saturated carbocycles. The minimum Gasteiger partial charge on any atom is -0.497 e. The number of ether oxygens (including phenoxy) is 2. The molecule has 2 aromatic rings. The van der Waals surface area contributed by atoms with Gasteiger partial charge >= 0.3 is 0 Å². The summed E-state index contributed by atoms with van der Waals surface area (Å²) in [4.78, 5) is 16.0. The van der Waals surface area contributed by atoms with Gasteiger partial charge in [0.25, 0.3) is 5.91 Å². The van der Waals surface area contributed by atoms with Crippen molar-refractivity contribution in [2.75, 3.05) is 25.3 Å². The van der Waals surface area contributed by atoms with Crippen LogP contribution in [0.1, 0.15) is 10.4 Å². The molecule has 0 aliphatic rings. The first-order valence-corrected chi connectivity index (χ1v) is 5.88. The summed E-state index contributed by atoms with van der Waals surface area (Å²) in [7, 11) is 3.08. The molecule has 0 aliphatic heterocycles. The fraction of sp³-hybridized carbons (Fsp3) is 0.143. The average Bonchev–Trinajstić information content (AvgIpc) is 2.48. The summed E-state index contributed by atoms with van der Waals surface area (Å²) < 4.78 is 10.3. The number of nitrogen functional groups attached to an aromatic ring is 1. The largest absolute Gasteiger partial charge is 0.497 e. The van der Waals surface area contributed by atoms with Gasteiger partial charge in [-0.15, -0.1) is 0 Å². The van der Waals surface area contributed by atoms with E-state index in [1.54, 1.807) is 31.4 Å². The highest BCUT2D eigenvalue weighted by molar-refractivity contribution is 6.08. The lowest BCUT2D eigenvalue weighted by Crippen LogP contribution is -2.15. The van der Waals surface area contributed by atoms with Gasteiger partial charge in [-0.25, -0.2) is 0 Å². The topological polar surface area (TPSA) is 86.5 Å². The molecule has 0 spiro atoms. The van der Waals surface area contributed by atoms with Crippen molar-refractivity contribution in [1.29, 1.82) is 0 Å². The van der Waals surface area contributed by atoms with E-state index in [0.717, 1.165) is 0 Å². The molecule has 1 aromatic heterocycles. The maximum Gasteiger partial charge on any atom is 0.259 e. The maximum atomic E-state index is 12.1. The van der Waals surface area contributed by atoms with E-state index < -0.39 is 0 Å². The van der Waals surface area contributed by atoms with Crippen LogP contribution in [0.4, 0.5) is 11.4 Å². The molecule has 0 saturated heterocycles. The number of nitrogens with one attached hydrogen (secondary N) is 1. The molecule has 1 heterocycles. The Kier molecular flexibility index (Phi) is 4.05. The Balaban J connectivity index is 2.26. The van der Waals surface area contributed by atoms with Gasteiger partial charge in [0.2, 0.25) is 0 Å². The van der Waals surface area contributed by atoms with Crippen molar-refractivity contribution in [2.45, 2.75) is 0 Å². The summed E-state index contributed by atoms with van der Waals surface area (Å²) >= 11 is 0.